The Hall–Kier alpha value is -2.59. The topological polar surface area (TPSA) is 42.7 Å². The lowest BCUT2D eigenvalue weighted by atomic mass is 10.0. The minimum absolute atomic E-state index is 0.316. The molecule has 4 heteroatoms. The molecule has 0 N–H and O–H groups in total. The molecule has 2 aromatic carbocycles. The van der Waals surface area contributed by atoms with E-state index in [0.29, 0.717) is 11.6 Å². The third-order valence-corrected chi connectivity index (χ3v) is 5.54. The van der Waals surface area contributed by atoms with Crippen LogP contribution in [0.5, 0.6) is 0 Å². The minimum Gasteiger partial charge on any atom is -0.465 e. The number of hydrogen-bond acceptors (Lipinski definition) is 4. The summed E-state index contributed by atoms with van der Waals surface area (Å²) in [5.41, 5.74) is 3.66. The average molecular weight is 363 g/mol. The number of benzene rings is 2. The second-order valence-corrected chi connectivity index (χ2v) is 7.31. The van der Waals surface area contributed by atoms with E-state index in [1.807, 2.05) is 18.2 Å². The monoisotopic (exact) mass is 363 g/mol. The quantitative estimate of drug-likeness (QED) is 0.604. The molecule has 4 nitrogen and oxygen atoms in total. The lowest BCUT2D eigenvalue weighted by Gasteiger charge is -2.19. The molecule has 0 bridgehead atoms. The van der Waals surface area contributed by atoms with Gasteiger partial charge in [-0.05, 0) is 67.8 Å². The molecule has 4 rings (SSSR count). The first-order chi connectivity index (χ1) is 13.1. The van der Waals surface area contributed by atoms with Gasteiger partial charge in [0, 0.05) is 24.4 Å². The highest BCUT2D eigenvalue weighted by Crippen LogP contribution is 2.28. The van der Waals surface area contributed by atoms with Gasteiger partial charge in [0.25, 0.3) is 0 Å². The standard InChI is InChI=1S/C23H25NO3/c1-16-4-3-12-24(16)13-11-21-15-20-14-19(9-10-22(20)27-21)17-5-7-18(8-6-17)23(25)26-2/h5-10,14-16H,3-4,11-13H2,1-2H3/t16-/m1/s1. The van der Waals surface area contributed by atoms with Crippen molar-refractivity contribution in [2.45, 2.75) is 32.2 Å². The van der Waals surface area contributed by atoms with Crippen molar-refractivity contribution in [3.05, 3.63) is 59.9 Å². The molecule has 1 aliphatic heterocycles. The van der Waals surface area contributed by atoms with Gasteiger partial charge in [-0.3, -0.25) is 0 Å². The van der Waals surface area contributed by atoms with E-state index in [0.717, 1.165) is 40.8 Å². The zero-order valence-corrected chi connectivity index (χ0v) is 15.9. The first-order valence-corrected chi connectivity index (χ1v) is 9.59. The molecule has 0 unspecified atom stereocenters. The van der Waals surface area contributed by atoms with E-state index in [1.54, 1.807) is 12.1 Å². The summed E-state index contributed by atoms with van der Waals surface area (Å²) in [6, 6.07) is 16.6. The predicted molar refractivity (Wildman–Crippen MR) is 107 cm³/mol. The van der Waals surface area contributed by atoms with Crippen LogP contribution in [0.4, 0.5) is 0 Å². The number of ether oxygens (including phenoxy) is 1. The maximum atomic E-state index is 11.6. The van der Waals surface area contributed by atoms with Crippen molar-refractivity contribution < 1.29 is 13.9 Å². The van der Waals surface area contributed by atoms with Crippen LogP contribution in [-0.4, -0.2) is 37.1 Å². The Labute approximate surface area is 159 Å². The number of fused-ring (bicyclic) bond motifs is 1. The molecular formula is C23H25NO3. The van der Waals surface area contributed by atoms with Crippen molar-refractivity contribution in [1.29, 1.82) is 0 Å². The van der Waals surface area contributed by atoms with E-state index >= 15 is 0 Å². The largest absolute Gasteiger partial charge is 0.465 e. The summed E-state index contributed by atoms with van der Waals surface area (Å²) in [4.78, 5) is 14.1. The molecule has 1 aromatic heterocycles. The minimum atomic E-state index is -0.316. The molecule has 3 aromatic rings. The fraction of sp³-hybridized carbons (Fsp3) is 0.348. The number of carbonyl (C=O) groups excluding carboxylic acids is 1. The van der Waals surface area contributed by atoms with Crippen LogP contribution < -0.4 is 0 Å². The number of nitrogens with zero attached hydrogens (tertiary/aromatic N) is 1. The highest BCUT2D eigenvalue weighted by molar-refractivity contribution is 5.90. The van der Waals surface area contributed by atoms with Gasteiger partial charge < -0.3 is 14.1 Å². The molecule has 0 radical (unpaired) electrons. The number of furan rings is 1. The van der Waals surface area contributed by atoms with Crippen LogP contribution in [-0.2, 0) is 11.2 Å². The number of likely N-dealkylation sites (tertiary alicyclic amines) is 1. The van der Waals surface area contributed by atoms with Crippen molar-refractivity contribution in [2.24, 2.45) is 0 Å². The van der Waals surface area contributed by atoms with Crippen molar-refractivity contribution in [1.82, 2.24) is 4.90 Å². The van der Waals surface area contributed by atoms with E-state index in [4.69, 9.17) is 9.15 Å². The first kappa shape index (κ1) is 17.8. The van der Waals surface area contributed by atoms with Gasteiger partial charge in [0.1, 0.15) is 11.3 Å². The first-order valence-electron chi connectivity index (χ1n) is 9.59. The summed E-state index contributed by atoms with van der Waals surface area (Å²) >= 11 is 0. The van der Waals surface area contributed by atoms with Crippen molar-refractivity contribution >= 4 is 16.9 Å². The average Bonchev–Trinajstić information content (AvgIpc) is 3.30. The van der Waals surface area contributed by atoms with E-state index in [2.05, 4.69) is 30.0 Å². The number of carbonyl (C=O) groups is 1. The Morgan fingerprint density at radius 1 is 1.15 bits per heavy atom. The molecule has 2 heterocycles. The normalized spacial score (nSPS) is 17.5. The molecule has 0 spiro atoms. The smallest absolute Gasteiger partial charge is 0.337 e. The summed E-state index contributed by atoms with van der Waals surface area (Å²) < 4.78 is 10.8. The number of rotatable bonds is 5. The van der Waals surface area contributed by atoms with Gasteiger partial charge in [-0.2, -0.15) is 0 Å². The van der Waals surface area contributed by atoms with Crippen molar-refractivity contribution in [3.8, 4) is 11.1 Å². The predicted octanol–water partition coefficient (Wildman–Crippen LogP) is 4.91. The summed E-state index contributed by atoms with van der Waals surface area (Å²) in [6.45, 7) is 4.57. The Morgan fingerprint density at radius 3 is 2.63 bits per heavy atom. The van der Waals surface area contributed by atoms with Gasteiger partial charge in [0.2, 0.25) is 0 Å². The summed E-state index contributed by atoms with van der Waals surface area (Å²) in [6.07, 6.45) is 3.56. The number of hydrogen-bond donors (Lipinski definition) is 0. The molecule has 140 valence electrons. The van der Waals surface area contributed by atoms with Crippen LogP contribution in [0, 0.1) is 0 Å². The second-order valence-electron chi connectivity index (χ2n) is 7.31. The van der Waals surface area contributed by atoms with Crippen LogP contribution in [0.25, 0.3) is 22.1 Å². The van der Waals surface area contributed by atoms with Gasteiger partial charge in [-0.15, -0.1) is 0 Å². The molecule has 0 aliphatic carbocycles. The second kappa shape index (κ2) is 7.57. The van der Waals surface area contributed by atoms with E-state index in [-0.39, 0.29) is 5.97 Å². The fourth-order valence-electron chi connectivity index (χ4n) is 3.90. The Bertz CT molecular complexity index is 942. The molecule has 1 saturated heterocycles. The van der Waals surface area contributed by atoms with Crippen LogP contribution in [0.1, 0.15) is 35.9 Å². The highest BCUT2D eigenvalue weighted by Gasteiger charge is 2.20. The summed E-state index contributed by atoms with van der Waals surface area (Å²) in [5, 5.41) is 1.12. The van der Waals surface area contributed by atoms with Gasteiger partial charge in [0.05, 0.1) is 12.7 Å². The van der Waals surface area contributed by atoms with Crippen molar-refractivity contribution in [2.75, 3.05) is 20.2 Å². The summed E-state index contributed by atoms with van der Waals surface area (Å²) in [5.74, 6) is 0.728. The Balaban J connectivity index is 1.51. The maximum Gasteiger partial charge on any atom is 0.337 e. The van der Waals surface area contributed by atoms with Crippen LogP contribution in [0.2, 0.25) is 0 Å². The highest BCUT2D eigenvalue weighted by atomic mass is 16.5. The SMILES string of the molecule is COC(=O)c1ccc(-c2ccc3oc(CCN4CCC[C@H]4C)cc3c2)cc1. The third-order valence-electron chi connectivity index (χ3n) is 5.54. The zero-order valence-electron chi connectivity index (χ0n) is 15.9. The fourth-order valence-corrected chi connectivity index (χ4v) is 3.90. The molecule has 27 heavy (non-hydrogen) atoms. The number of methoxy groups -OCH3 is 1. The van der Waals surface area contributed by atoms with Crippen LogP contribution in [0.3, 0.4) is 0 Å². The molecule has 0 saturated carbocycles. The van der Waals surface area contributed by atoms with Crippen LogP contribution >= 0.6 is 0 Å². The molecule has 1 fully saturated rings. The van der Waals surface area contributed by atoms with Crippen LogP contribution in [0.15, 0.2) is 52.9 Å². The van der Waals surface area contributed by atoms with Gasteiger partial charge >= 0.3 is 5.97 Å². The molecular weight excluding hydrogens is 338 g/mol. The third kappa shape index (κ3) is 3.76. The molecule has 1 atom stereocenters. The molecule has 1 aliphatic rings. The lowest BCUT2D eigenvalue weighted by Crippen LogP contribution is -2.28. The van der Waals surface area contributed by atoms with E-state index < -0.39 is 0 Å². The Morgan fingerprint density at radius 2 is 1.93 bits per heavy atom. The van der Waals surface area contributed by atoms with E-state index in [1.165, 1.54) is 26.5 Å². The van der Waals surface area contributed by atoms with Gasteiger partial charge in [0.15, 0.2) is 0 Å². The maximum absolute atomic E-state index is 11.6. The zero-order chi connectivity index (χ0) is 18.8. The lowest BCUT2D eigenvalue weighted by molar-refractivity contribution is 0.0601. The van der Waals surface area contributed by atoms with Gasteiger partial charge in [-0.1, -0.05) is 18.2 Å². The number of esters is 1. The van der Waals surface area contributed by atoms with Gasteiger partial charge in [-0.25, -0.2) is 4.79 Å². The van der Waals surface area contributed by atoms with E-state index in [9.17, 15) is 4.79 Å². The Kier molecular flexibility index (Phi) is 4.99. The summed E-state index contributed by atoms with van der Waals surface area (Å²) in [7, 11) is 1.39. The molecule has 0 amide bonds. The van der Waals surface area contributed by atoms with Crippen molar-refractivity contribution in [3.63, 3.8) is 0 Å².